The highest BCUT2D eigenvalue weighted by Gasteiger charge is 2.26. The molecule has 0 saturated heterocycles. The van der Waals surface area contributed by atoms with Gasteiger partial charge in [-0.25, -0.2) is 4.98 Å². The fourth-order valence-corrected chi connectivity index (χ4v) is 3.28. The molecule has 6 nitrogen and oxygen atoms in total. The third-order valence-electron chi connectivity index (χ3n) is 4.51. The van der Waals surface area contributed by atoms with Crippen LogP contribution in [0.5, 0.6) is 5.75 Å². The van der Waals surface area contributed by atoms with Gasteiger partial charge in [0.05, 0.1) is 6.54 Å². The van der Waals surface area contributed by atoms with E-state index in [1.54, 1.807) is 29.3 Å². The molecule has 0 spiro atoms. The number of pyridine rings is 1. The molecule has 1 aromatic carbocycles. The van der Waals surface area contributed by atoms with Crippen LogP contribution in [0.2, 0.25) is 0 Å². The van der Waals surface area contributed by atoms with Gasteiger partial charge in [0, 0.05) is 24.5 Å². The van der Waals surface area contributed by atoms with Crippen LogP contribution in [0.4, 0.5) is 0 Å². The van der Waals surface area contributed by atoms with Crippen LogP contribution < -0.4 is 10.3 Å². The largest absolute Gasteiger partial charge is 0.489 e. The Kier molecular flexibility index (Phi) is 3.95. The Labute approximate surface area is 150 Å². The molecule has 26 heavy (non-hydrogen) atoms. The lowest BCUT2D eigenvalue weighted by Gasteiger charge is -2.22. The molecule has 0 aliphatic carbocycles. The number of hydrogen-bond donors (Lipinski definition) is 0. The molecule has 132 valence electrons. The van der Waals surface area contributed by atoms with Crippen molar-refractivity contribution in [2.75, 3.05) is 6.54 Å². The molecule has 0 radical (unpaired) electrons. The molecular formula is C20H19N3O3. The topological polar surface area (TPSA) is 63.9 Å². The van der Waals surface area contributed by atoms with Gasteiger partial charge in [-0.15, -0.1) is 0 Å². The summed E-state index contributed by atoms with van der Waals surface area (Å²) in [5.74, 6) is 0.456. The van der Waals surface area contributed by atoms with Crippen LogP contribution in [0.3, 0.4) is 0 Å². The van der Waals surface area contributed by atoms with E-state index in [4.69, 9.17) is 4.74 Å². The number of fused-ring (bicyclic) bond motifs is 2. The summed E-state index contributed by atoms with van der Waals surface area (Å²) in [4.78, 5) is 31.7. The molecule has 1 aliphatic heterocycles. The molecule has 0 saturated carbocycles. The Bertz CT molecular complexity index is 1060. The molecule has 2 aromatic heterocycles. The second-order valence-corrected chi connectivity index (χ2v) is 6.63. The van der Waals surface area contributed by atoms with Gasteiger partial charge in [-0.2, -0.15) is 0 Å². The van der Waals surface area contributed by atoms with Gasteiger partial charge in [-0.1, -0.05) is 23.8 Å². The molecule has 1 aliphatic rings. The van der Waals surface area contributed by atoms with Crippen molar-refractivity contribution < 1.29 is 9.53 Å². The van der Waals surface area contributed by atoms with E-state index in [0.29, 0.717) is 18.7 Å². The smallest absolute Gasteiger partial charge is 0.270 e. The Hall–Kier alpha value is -3.15. The van der Waals surface area contributed by atoms with Gasteiger partial charge in [0.25, 0.3) is 11.5 Å². The van der Waals surface area contributed by atoms with E-state index < -0.39 is 0 Å². The van der Waals surface area contributed by atoms with Crippen molar-refractivity contribution in [3.63, 3.8) is 0 Å². The number of hydrogen-bond acceptors (Lipinski definition) is 4. The summed E-state index contributed by atoms with van der Waals surface area (Å²) < 4.78 is 7.33. The summed E-state index contributed by atoms with van der Waals surface area (Å²) in [6, 6.07) is 11.2. The Morgan fingerprint density at radius 3 is 2.96 bits per heavy atom. The standard InChI is InChI=1S/C20H19N3O3/c1-13-6-7-17-15(9-13)12-22(11-14(2)26-17)19(24)16-10-21-18-5-3-4-8-23(18)20(16)25/h3-10,14H,11-12H2,1-2H3. The van der Waals surface area contributed by atoms with Crippen LogP contribution >= 0.6 is 0 Å². The molecule has 3 aromatic rings. The maximum absolute atomic E-state index is 13.1. The monoisotopic (exact) mass is 349 g/mol. The number of carbonyl (C=O) groups excluding carboxylic acids is 1. The first-order valence-electron chi connectivity index (χ1n) is 8.55. The number of nitrogens with zero attached hydrogens (tertiary/aromatic N) is 3. The third-order valence-corrected chi connectivity index (χ3v) is 4.51. The van der Waals surface area contributed by atoms with Crippen LogP contribution in [0.25, 0.3) is 5.65 Å². The summed E-state index contributed by atoms with van der Waals surface area (Å²) in [7, 11) is 0. The fraction of sp³-hybridized carbons (Fsp3) is 0.250. The Morgan fingerprint density at radius 2 is 2.12 bits per heavy atom. The number of benzene rings is 1. The molecule has 1 amide bonds. The van der Waals surface area contributed by atoms with Crippen molar-refractivity contribution in [2.24, 2.45) is 0 Å². The minimum Gasteiger partial charge on any atom is -0.489 e. The number of ether oxygens (including phenoxy) is 1. The lowest BCUT2D eigenvalue weighted by atomic mass is 10.1. The van der Waals surface area contributed by atoms with E-state index in [2.05, 4.69) is 4.98 Å². The summed E-state index contributed by atoms with van der Waals surface area (Å²) in [6.07, 6.45) is 2.82. The fourth-order valence-electron chi connectivity index (χ4n) is 3.28. The first-order valence-corrected chi connectivity index (χ1v) is 8.55. The molecular weight excluding hydrogens is 330 g/mol. The predicted molar refractivity (Wildman–Crippen MR) is 97.5 cm³/mol. The van der Waals surface area contributed by atoms with E-state index in [-0.39, 0.29) is 23.1 Å². The predicted octanol–water partition coefficient (Wildman–Crippen LogP) is 2.43. The van der Waals surface area contributed by atoms with Gasteiger partial charge in [0.15, 0.2) is 0 Å². The number of aryl methyl sites for hydroxylation is 1. The SMILES string of the molecule is Cc1ccc2c(c1)CN(C(=O)c1cnc3ccccn3c1=O)CC(C)O2. The zero-order valence-electron chi connectivity index (χ0n) is 14.7. The highest BCUT2D eigenvalue weighted by atomic mass is 16.5. The quantitative estimate of drug-likeness (QED) is 0.677. The van der Waals surface area contributed by atoms with E-state index in [9.17, 15) is 9.59 Å². The second-order valence-electron chi connectivity index (χ2n) is 6.63. The minimum atomic E-state index is -0.358. The lowest BCUT2D eigenvalue weighted by Crippen LogP contribution is -2.39. The lowest BCUT2D eigenvalue weighted by molar-refractivity contribution is 0.0688. The third kappa shape index (κ3) is 2.83. The van der Waals surface area contributed by atoms with Crippen molar-refractivity contribution in [2.45, 2.75) is 26.5 Å². The van der Waals surface area contributed by atoms with Gasteiger partial charge in [0.1, 0.15) is 23.1 Å². The highest BCUT2D eigenvalue weighted by molar-refractivity contribution is 5.93. The van der Waals surface area contributed by atoms with E-state index in [1.165, 1.54) is 10.6 Å². The van der Waals surface area contributed by atoms with Crippen molar-refractivity contribution in [3.05, 3.63) is 75.8 Å². The van der Waals surface area contributed by atoms with Gasteiger partial charge >= 0.3 is 0 Å². The van der Waals surface area contributed by atoms with E-state index in [0.717, 1.165) is 16.9 Å². The molecule has 0 N–H and O–H groups in total. The second kappa shape index (κ2) is 6.29. The van der Waals surface area contributed by atoms with Gasteiger partial charge in [-0.05, 0) is 32.0 Å². The molecule has 0 bridgehead atoms. The Balaban J connectivity index is 1.74. The number of aromatic nitrogens is 2. The normalized spacial score (nSPS) is 16.7. The van der Waals surface area contributed by atoms with Gasteiger partial charge in [0.2, 0.25) is 0 Å². The van der Waals surface area contributed by atoms with E-state index >= 15 is 0 Å². The Morgan fingerprint density at radius 1 is 1.27 bits per heavy atom. The molecule has 1 atom stereocenters. The van der Waals surface area contributed by atoms with Crippen LogP contribution in [0, 0.1) is 6.92 Å². The van der Waals surface area contributed by atoms with Crippen molar-refractivity contribution in [1.29, 1.82) is 0 Å². The average Bonchev–Trinajstić information content (AvgIpc) is 2.79. The number of rotatable bonds is 1. The van der Waals surface area contributed by atoms with Gasteiger partial charge in [-0.3, -0.25) is 14.0 Å². The zero-order valence-corrected chi connectivity index (χ0v) is 14.7. The number of carbonyl (C=O) groups is 1. The van der Waals surface area contributed by atoms with Gasteiger partial charge < -0.3 is 9.64 Å². The summed E-state index contributed by atoms with van der Waals surface area (Å²) in [5.41, 5.74) is 2.26. The van der Waals surface area contributed by atoms with Crippen molar-refractivity contribution >= 4 is 11.6 Å². The highest BCUT2D eigenvalue weighted by Crippen LogP contribution is 2.26. The minimum absolute atomic E-state index is 0.0667. The molecule has 4 rings (SSSR count). The van der Waals surface area contributed by atoms with Crippen LogP contribution in [-0.4, -0.2) is 32.8 Å². The number of amides is 1. The van der Waals surface area contributed by atoms with Crippen LogP contribution in [0.1, 0.15) is 28.4 Å². The molecule has 1 unspecified atom stereocenters. The molecule has 6 heteroatoms. The molecule has 0 fully saturated rings. The molecule has 3 heterocycles. The maximum Gasteiger partial charge on any atom is 0.270 e. The van der Waals surface area contributed by atoms with E-state index in [1.807, 2.05) is 32.0 Å². The van der Waals surface area contributed by atoms with Crippen LogP contribution in [-0.2, 0) is 6.54 Å². The van der Waals surface area contributed by atoms with Crippen LogP contribution in [0.15, 0.2) is 53.6 Å². The summed E-state index contributed by atoms with van der Waals surface area (Å²) in [5, 5.41) is 0. The maximum atomic E-state index is 13.1. The summed E-state index contributed by atoms with van der Waals surface area (Å²) >= 11 is 0. The zero-order chi connectivity index (χ0) is 18.3. The summed E-state index contributed by atoms with van der Waals surface area (Å²) in [6.45, 7) is 4.72. The first kappa shape index (κ1) is 16.3. The van der Waals surface area contributed by atoms with Crippen molar-refractivity contribution in [1.82, 2.24) is 14.3 Å². The first-order chi connectivity index (χ1) is 12.5. The average molecular weight is 349 g/mol. The van der Waals surface area contributed by atoms with Crippen molar-refractivity contribution in [3.8, 4) is 5.75 Å².